The van der Waals surface area contributed by atoms with E-state index < -0.39 is 78.2 Å². The van der Waals surface area contributed by atoms with Crippen molar-refractivity contribution >= 4 is 11.0 Å². The van der Waals surface area contributed by atoms with Crippen LogP contribution in [0.4, 0.5) is 0 Å². The molecule has 0 fully saturated rings. The van der Waals surface area contributed by atoms with E-state index in [0.29, 0.717) is 50.4 Å². The molecule has 0 aliphatic carbocycles. The van der Waals surface area contributed by atoms with Gasteiger partial charge in [0.15, 0.2) is 0 Å². The van der Waals surface area contributed by atoms with E-state index in [1.165, 1.54) is 0 Å². The van der Waals surface area contributed by atoms with E-state index in [4.69, 9.17) is 21.4 Å². The molecule has 2 aromatic heterocycles. The van der Waals surface area contributed by atoms with Gasteiger partial charge in [-0.2, -0.15) is 0 Å². The molecule has 0 bridgehead atoms. The molecule has 276 valence electrons. The van der Waals surface area contributed by atoms with Crippen molar-refractivity contribution in [3.63, 3.8) is 0 Å². The van der Waals surface area contributed by atoms with Gasteiger partial charge in [-0.3, -0.25) is 9.55 Å². The fourth-order valence-corrected chi connectivity index (χ4v) is 6.71. The first-order chi connectivity index (χ1) is 31.3. The Balaban J connectivity index is 0.00000684. The van der Waals surface area contributed by atoms with Gasteiger partial charge in [-0.15, -0.1) is 29.3 Å². The molecule has 1 N–H and O–H groups in total. The third-order valence-corrected chi connectivity index (χ3v) is 9.46. The van der Waals surface area contributed by atoms with E-state index in [0.717, 1.165) is 16.7 Å². The van der Waals surface area contributed by atoms with E-state index in [2.05, 4.69) is 11.1 Å². The van der Waals surface area contributed by atoms with Crippen molar-refractivity contribution in [2.45, 2.75) is 53.7 Å². The van der Waals surface area contributed by atoms with Gasteiger partial charge < -0.3 is 5.11 Å². The van der Waals surface area contributed by atoms with Gasteiger partial charge in [0.25, 0.3) is 0 Å². The molecule has 55 heavy (non-hydrogen) atoms. The van der Waals surface area contributed by atoms with Crippen molar-refractivity contribution in [1.82, 2.24) is 14.5 Å². The number of hydrogen-bond donors (Lipinski definition) is 1. The van der Waals surface area contributed by atoms with Crippen molar-refractivity contribution in [3.05, 3.63) is 167 Å². The van der Waals surface area contributed by atoms with Crippen LogP contribution in [-0.2, 0) is 26.5 Å². The van der Waals surface area contributed by atoms with Gasteiger partial charge >= 0.3 is 0 Å². The minimum Gasteiger partial charge on any atom is -0.507 e. The summed E-state index contributed by atoms with van der Waals surface area (Å²) >= 11 is 0. The number of rotatable bonds is 6. The quantitative estimate of drug-likeness (QED) is 0.169. The van der Waals surface area contributed by atoms with Gasteiger partial charge in [0.05, 0.1) is 26.2 Å². The Labute approximate surface area is 357 Å². The maximum absolute atomic E-state index is 11.6. The molecule has 0 saturated heterocycles. The monoisotopic (exact) mass is 910 g/mol. The number of phenols is 1. The van der Waals surface area contributed by atoms with Crippen LogP contribution in [0.15, 0.2) is 133 Å². The number of nitrogens with zero attached hydrogens (tertiary/aromatic N) is 3. The minimum atomic E-state index is -2.98. The molecule has 8 rings (SSSR count). The predicted octanol–water partition coefficient (Wildman–Crippen LogP) is 12.8. The summed E-state index contributed by atoms with van der Waals surface area (Å²) in [5, 5.41) is 11.6. The normalized spacial score (nSPS) is 15.3. The van der Waals surface area contributed by atoms with Gasteiger partial charge in [-0.25, -0.2) is 4.98 Å². The first-order valence-corrected chi connectivity index (χ1v) is 17.5. The standard InChI is InChI=1S/C50H44N3O.Pt/c1-31-16-18-35(19-17-31)37-22-23-51-45(30-37)39-27-38(28-40(29-39)50(5,6)7)43-14-11-15-46-47(43)52-49(44-25-32(2)24-34(4)48(44)54)53(46)41-20-21-42(33(3)26-41)36-12-9-8-10-13-36;/h8-26,28-30,54H,1-7H3;/q-1;/i1D3,3D3,16D,17D,18D,19D,22D,23D,30D;. The molecule has 4 nitrogen and oxygen atoms in total. The summed E-state index contributed by atoms with van der Waals surface area (Å²) in [4.78, 5) is 9.57. The van der Waals surface area contributed by atoms with Gasteiger partial charge in [0.1, 0.15) is 11.6 Å². The first-order valence-electron chi connectivity index (χ1n) is 24.0. The molecule has 0 aliphatic rings. The number of pyridine rings is 1. The molecule has 0 aliphatic heterocycles. The third-order valence-electron chi connectivity index (χ3n) is 9.46. The average molecular weight is 911 g/mol. The number of para-hydroxylation sites is 1. The number of aromatic hydroxyl groups is 1. The molecule has 0 unspecified atom stereocenters. The summed E-state index contributed by atoms with van der Waals surface area (Å²) in [7, 11) is 0. The maximum Gasteiger partial charge on any atom is 0.148 e. The Bertz CT molecular complexity index is 3290. The van der Waals surface area contributed by atoms with Crippen LogP contribution in [0.2, 0.25) is 0 Å². The SMILES string of the molecule is [2H]c1nc(-c2[c-]c(-c3cccc4c3nc(-c3cc(C)cc(C)c3O)n4-c3ccc(-c4ccccc4)c(C([2H])([2H])[2H])c3)cc(C(C)(C)C)c2)c([2H])c(-c2c([2H])c([2H])c(C([2H])([2H])[2H])c([2H])c2[2H])c1[2H].[Pt]. The summed E-state index contributed by atoms with van der Waals surface area (Å²) < 4.78 is 113. The van der Waals surface area contributed by atoms with Crippen molar-refractivity contribution < 1.29 is 44.0 Å². The second-order valence-electron chi connectivity index (χ2n) is 14.4. The molecular formula is C50H44N3OPt-. The van der Waals surface area contributed by atoms with Crippen LogP contribution in [0.25, 0.3) is 72.7 Å². The van der Waals surface area contributed by atoms with Crippen molar-refractivity contribution in [2.24, 2.45) is 0 Å². The number of hydrogen-bond acceptors (Lipinski definition) is 3. The Morgan fingerprint density at radius 2 is 1.49 bits per heavy atom. The zero-order chi connectivity index (χ0) is 48.8. The molecule has 0 amide bonds. The fraction of sp³-hybridized carbons (Fsp3) is 0.160. The molecule has 0 spiro atoms. The van der Waals surface area contributed by atoms with Crippen LogP contribution in [-0.4, -0.2) is 19.6 Å². The second-order valence-corrected chi connectivity index (χ2v) is 14.4. The molecular weight excluding hydrogens is 854 g/mol. The van der Waals surface area contributed by atoms with Crippen LogP contribution < -0.4 is 0 Å². The largest absolute Gasteiger partial charge is 0.507 e. The molecule has 5 heteroatoms. The molecule has 2 heterocycles. The van der Waals surface area contributed by atoms with Crippen molar-refractivity contribution in [3.8, 4) is 67.5 Å². The smallest absolute Gasteiger partial charge is 0.148 e. The Morgan fingerprint density at radius 1 is 0.709 bits per heavy atom. The summed E-state index contributed by atoms with van der Waals surface area (Å²) in [5.41, 5.74) is 4.33. The minimum absolute atomic E-state index is 0. The summed E-state index contributed by atoms with van der Waals surface area (Å²) in [6.45, 7) is 4.13. The van der Waals surface area contributed by atoms with E-state index in [9.17, 15) is 6.48 Å². The van der Waals surface area contributed by atoms with Crippen LogP contribution >= 0.6 is 0 Å². The van der Waals surface area contributed by atoms with Crippen LogP contribution in [0.3, 0.4) is 0 Å². The number of aromatic nitrogens is 3. The summed E-state index contributed by atoms with van der Waals surface area (Å²) in [6.07, 6.45) is -0.623. The number of phenolic OH excluding ortho intramolecular Hbond substituents is 1. The maximum atomic E-state index is 11.6. The Hall–Kier alpha value is -5.57. The molecule has 0 saturated carbocycles. The number of fused-ring (bicyclic) bond motifs is 1. The van der Waals surface area contributed by atoms with Crippen LogP contribution in [0, 0.1) is 33.6 Å². The third kappa shape index (κ3) is 7.32. The van der Waals surface area contributed by atoms with Gasteiger partial charge in [0, 0.05) is 46.8 Å². The molecule has 8 aromatic rings. The predicted molar refractivity (Wildman–Crippen MR) is 224 cm³/mol. The topological polar surface area (TPSA) is 50.9 Å². The Kier molecular flexibility index (Phi) is 6.72. The number of benzene rings is 6. The first kappa shape index (κ1) is 24.8. The Morgan fingerprint density at radius 3 is 2.24 bits per heavy atom. The van der Waals surface area contributed by atoms with Crippen molar-refractivity contribution in [2.75, 3.05) is 0 Å². The van der Waals surface area contributed by atoms with E-state index in [1.807, 2.05) is 105 Å². The molecule has 0 atom stereocenters. The van der Waals surface area contributed by atoms with Gasteiger partial charge in [-0.1, -0.05) is 122 Å². The molecule has 0 radical (unpaired) electrons. The molecule has 6 aromatic carbocycles. The van der Waals surface area contributed by atoms with E-state index >= 15 is 0 Å². The van der Waals surface area contributed by atoms with Gasteiger partial charge in [0.2, 0.25) is 0 Å². The zero-order valence-electron chi connectivity index (χ0n) is 43.8. The van der Waals surface area contributed by atoms with Crippen LogP contribution in [0.5, 0.6) is 5.75 Å². The number of aryl methyl sites for hydroxylation is 3. The summed E-state index contributed by atoms with van der Waals surface area (Å²) in [6, 6.07) is 26.3. The number of imidazole rings is 1. The summed E-state index contributed by atoms with van der Waals surface area (Å²) in [5.74, 6) is 0.324. The van der Waals surface area contributed by atoms with Crippen LogP contribution in [0.1, 0.15) is 66.4 Å². The zero-order valence-corrected chi connectivity index (χ0v) is 33.0. The van der Waals surface area contributed by atoms with E-state index in [1.54, 1.807) is 25.1 Å². The fourth-order valence-electron chi connectivity index (χ4n) is 6.71. The average Bonchev–Trinajstić information content (AvgIpc) is 3.65. The van der Waals surface area contributed by atoms with Gasteiger partial charge in [-0.05, 0) is 102 Å². The van der Waals surface area contributed by atoms with E-state index in [-0.39, 0.29) is 43.6 Å². The van der Waals surface area contributed by atoms with Crippen molar-refractivity contribution in [1.29, 1.82) is 0 Å². The second kappa shape index (κ2) is 14.9.